The van der Waals surface area contributed by atoms with E-state index < -0.39 is 10.0 Å². The van der Waals surface area contributed by atoms with Crippen LogP contribution in [0.1, 0.15) is 19.3 Å². The summed E-state index contributed by atoms with van der Waals surface area (Å²) < 4.78 is 45.3. The fraction of sp³-hybridized carbons (Fsp3) is 0.368. The van der Waals surface area contributed by atoms with Crippen LogP contribution in [0.15, 0.2) is 48.5 Å². The van der Waals surface area contributed by atoms with Crippen molar-refractivity contribution in [2.45, 2.75) is 19.3 Å². The molecule has 3 rings (SSSR count). The molecule has 2 aromatic rings. The molecule has 0 amide bonds. The SMILES string of the molecule is O=S(=O)(CCOc1ccc(F)cc1)Nc1cccc(N2CCCCC2)c1. The van der Waals surface area contributed by atoms with Crippen LogP contribution in [-0.2, 0) is 10.0 Å². The molecular formula is C19H23FN2O3S. The number of ether oxygens (including phenoxy) is 1. The zero-order valence-electron chi connectivity index (χ0n) is 14.5. The summed E-state index contributed by atoms with van der Waals surface area (Å²) in [5.74, 6) is -0.105. The topological polar surface area (TPSA) is 58.6 Å². The van der Waals surface area contributed by atoms with Gasteiger partial charge in [0.05, 0.1) is 5.69 Å². The minimum absolute atomic E-state index is 0.00716. The normalized spacial score (nSPS) is 14.9. The van der Waals surface area contributed by atoms with E-state index in [9.17, 15) is 12.8 Å². The molecule has 7 heteroatoms. The van der Waals surface area contributed by atoms with E-state index >= 15 is 0 Å². The van der Waals surface area contributed by atoms with E-state index in [4.69, 9.17) is 4.74 Å². The van der Waals surface area contributed by atoms with Crippen molar-refractivity contribution in [2.24, 2.45) is 0 Å². The maximum absolute atomic E-state index is 12.8. The zero-order valence-corrected chi connectivity index (χ0v) is 15.3. The smallest absolute Gasteiger partial charge is 0.236 e. The predicted molar refractivity (Wildman–Crippen MR) is 102 cm³/mol. The monoisotopic (exact) mass is 378 g/mol. The quantitative estimate of drug-likeness (QED) is 0.799. The van der Waals surface area contributed by atoms with Gasteiger partial charge < -0.3 is 9.64 Å². The highest BCUT2D eigenvalue weighted by molar-refractivity contribution is 7.92. The molecule has 0 spiro atoms. The van der Waals surface area contributed by atoms with Crippen LogP contribution in [0.25, 0.3) is 0 Å². The van der Waals surface area contributed by atoms with Gasteiger partial charge in [0, 0.05) is 18.8 Å². The average Bonchev–Trinajstić information content (AvgIpc) is 2.64. The Hall–Kier alpha value is -2.28. The second kappa shape index (κ2) is 8.40. The zero-order chi connectivity index (χ0) is 18.4. The first-order valence-corrected chi connectivity index (χ1v) is 10.4. The highest BCUT2D eigenvalue weighted by Crippen LogP contribution is 2.23. The van der Waals surface area contributed by atoms with Gasteiger partial charge in [0.15, 0.2) is 0 Å². The van der Waals surface area contributed by atoms with Gasteiger partial charge >= 0.3 is 0 Å². The van der Waals surface area contributed by atoms with E-state index in [1.165, 1.54) is 30.7 Å². The minimum atomic E-state index is -3.53. The van der Waals surface area contributed by atoms with Gasteiger partial charge in [-0.1, -0.05) is 6.07 Å². The molecule has 140 valence electrons. The molecule has 1 fully saturated rings. The summed E-state index contributed by atoms with van der Waals surface area (Å²) in [5.41, 5.74) is 1.59. The van der Waals surface area contributed by atoms with E-state index in [2.05, 4.69) is 9.62 Å². The van der Waals surface area contributed by atoms with Gasteiger partial charge in [-0.3, -0.25) is 4.72 Å². The Labute approximate surface area is 153 Å². The summed E-state index contributed by atoms with van der Waals surface area (Å²) >= 11 is 0. The molecule has 1 N–H and O–H groups in total. The fourth-order valence-corrected chi connectivity index (χ4v) is 3.84. The van der Waals surface area contributed by atoms with Crippen LogP contribution in [0.2, 0.25) is 0 Å². The van der Waals surface area contributed by atoms with Gasteiger partial charge in [-0.05, 0) is 61.7 Å². The van der Waals surface area contributed by atoms with Crippen molar-refractivity contribution < 1.29 is 17.5 Å². The molecule has 1 saturated heterocycles. The summed E-state index contributed by atoms with van der Waals surface area (Å²) in [4.78, 5) is 2.28. The largest absolute Gasteiger partial charge is 0.492 e. The van der Waals surface area contributed by atoms with Crippen molar-refractivity contribution >= 4 is 21.4 Å². The summed E-state index contributed by atoms with van der Waals surface area (Å²) in [6.45, 7) is 2.00. The molecule has 0 aliphatic carbocycles. The number of piperidine rings is 1. The van der Waals surface area contributed by atoms with Crippen molar-refractivity contribution in [3.63, 3.8) is 0 Å². The fourth-order valence-electron chi connectivity index (χ4n) is 2.95. The minimum Gasteiger partial charge on any atom is -0.492 e. The summed E-state index contributed by atoms with van der Waals surface area (Å²) in [6, 6.07) is 12.9. The second-order valence-corrected chi connectivity index (χ2v) is 8.16. The molecule has 5 nitrogen and oxygen atoms in total. The molecule has 0 bridgehead atoms. The Kier molecular flexibility index (Phi) is 5.98. The molecule has 2 aromatic carbocycles. The van der Waals surface area contributed by atoms with E-state index in [-0.39, 0.29) is 18.2 Å². The Balaban J connectivity index is 1.55. The number of rotatable bonds is 7. The first-order chi connectivity index (χ1) is 12.5. The number of benzene rings is 2. The van der Waals surface area contributed by atoms with Crippen molar-refractivity contribution in [1.29, 1.82) is 0 Å². The molecular weight excluding hydrogens is 355 g/mol. The van der Waals surface area contributed by atoms with Crippen molar-refractivity contribution in [3.8, 4) is 5.75 Å². The molecule has 0 aromatic heterocycles. The molecule has 26 heavy (non-hydrogen) atoms. The van der Waals surface area contributed by atoms with Crippen LogP contribution in [0.4, 0.5) is 15.8 Å². The third kappa shape index (κ3) is 5.36. The highest BCUT2D eigenvalue weighted by atomic mass is 32.2. The van der Waals surface area contributed by atoms with Crippen LogP contribution in [0, 0.1) is 5.82 Å². The molecule has 0 saturated carbocycles. The van der Waals surface area contributed by atoms with Gasteiger partial charge in [-0.2, -0.15) is 0 Å². The van der Waals surface area contributed by atoms with Crippen LogP contribution >= 0.6 is 0 Å². The van der Waals surface area contributed by atoms with Gasteiger partial charge in [-0.15, -0.1) is 0 Å². The van der Waals surface area contributed by atoms with Crippen LogP contribution < -0.4 is 14.4 Å². The third-order valence-corrected chi connectivity index (χ3v) is 5.53. The maximum atomic E-state index is 12.8. The first-order valence-electron chi connectivity index (χ1n) is 8.76. The lowest BCUT2D eigenvalue weighted by molar-refractivity contribution is 0.340. The first kappa shape index (κ1) is 18.5. The Bertz CT molecular complexity index is 819. The lowest BCUT2D eigenvalue weighted by Gasteiger charge is -2.29. The van der Waals surface area contributed by atoms with Gasteiger partial charge in [0.2, 0.25) is 10.0 Å². The van der Waals surface area contributed by atoms with E-state index in [0.29, 0.717) is 11.4 Å². The lowest BCUT2D eigenvalue weighted by atomic mass is 10.1. The van der Waals surface area contributed by atoms with Crippen molar-refractivity contribution in [2.75, 3.05) is 35.1 Å². The number of halogens is 1. The maximum Gasteiger partial charge on any atom is 0.236 e. The van der Waals surface area contributed by atoms with E-state index in [1.54, 1.807) is 6.07 Å². The van der Waals surface area contributed by atoms with Gasteiger partial charge in [0.25, 0.3) is 0 Å². The van der Waals surface area contributed by atoms with Crippen molar-refractivity contribution in [1.82, 2.24) is 0 Å². The molecule has 0 atom stereocenters. The second-order valence-electron chi connectivity index (χ2n) is 6.32. The summed E-state index contributed by atoms with van der Waals surface area (Å²) in [7, 11) is -3.53. The highest BCUT2D eigenvalue weighted by Gasteiger charge is 2.14. The Morgan fingerprint density at radius 2 is 1.77 bits per heavy atom. The number of nitrogens with one attached hydrogen (secondary N) is 1. The number of hydrogen-bond acceptors (Lipinski definition) is 4. The lowest BCUT2D eigenvalue weighted by Crippen LogP contribution is -2.29. The molecule has 0 radical (unpaired) electrons. The Morgan fingerprint density at radius 3 is 2.50 bits per heavy atom. The number of anilines is 2. The van der Waals surface area contributed by atoms with Crippen LogP contribution in [0.5, 0.6) is 5.75 Å². The molecule has 1 heterocycles. The number of nitrogens with zero attached hydrogens (tertiary/aromatic N) is 1. The third-order valence-electron chi connectivity index (χ3n) is 4.28. The standard InChI is InChI=1S/C19H23FN2O3S/c20-16-7-9-19(10-8-16)25-13-14-26(23,24)21-17-5-4-6-18(15-17)22-11-2-1-3-12-22/h4-10,15,21H,1-3,11-14H2. The van der Waals surface area contributed by atoms with Crippen molar-refractivity contribution in [3.05, 3.63) is 54.3 Å². The average molecular weight is 378 g/mol. The van der Waals surface area contributed by atoms with Gasteiger partial charge in [-0.25, -0.2) is 12.8 Å². The van der Waals surface area contributed by atoms with E-state index in [0.717, 1.165) is 31.6 Å². The van der Waals surface area contributed by atoms with Gasteiger partial charge in [0.1, 0.15) is 23.9 Å². The van der Waals surface area contributed by atoms with Crippen LogP contribution in [0.3, 0.4) is 0 Å². The number of hydrogen-bond donors (Lipinski definition) is 1. The molecule has 1 aliphatic heterocycles. The Morgan fingerprint density at radius 1 is 1.04 bits per heavy atom. The summed E-state index contributed by atoms with van der Waals surface area (Å²) in [5, 5.41) is 0. The van der Waals surface area contributed by atoms with E-state index in [1.807, 2.05) is 18.2 Å². The number of sulfonamides is 1. The van der Waals surface area contributed by atoms with Crippen LogP contribution in [-0.4, -0.2) is 33.9 Å². The molecule has 1 aliphatic rings. The molecule has 0 unspecified atom stereocenters. The predicted octanol–water partition coefficient (Wildman–Crippen LogP) is 3.64. The summed E-state index contributed by atoms with van der Waals surface area (Å²) in [6.07, 6.45) is 3.57.